The Morgan fingerprint density at radius 1 is 0.727 bits per heavy atom. The van der Waals surface area contributed by atoms with Crippen LogP contribution in [0.4, 0.5) is 0 Å². The van der Waals surface area contributed by atoms with Gasteiger partial charge in [0.2, 0.25) is 20.8 Å². The minimum Gasteiger partial charge on any atom is -0.726 e. The van der Waals surface area contributed by atoms with Crippen LogP contribution in [0.3, 0.4) is 0 Å². The predicted octanol–water partition coefficient (Wildman–Crippen LogP) is -5.84. The molecule has 28 nitrogen and oxygen atoms in total. The molecule has 0 bridgehead atoms. The van der Waals surface area contributed by atoms with E-state index in [4.69, 9.17) is 52.1 Å². The molecule has 9 rings (SSSR count). The number of carbonyl (C=O) groups excluding carboxylic acids is 2. The van der Waals surface area contributed by atoms with Gasteiger partial charge in [0.15, 0.2) is 25.2 Å². The Bertz CT molecular complexity index is 2760. The third-order valence-electron chi connectivity index (χ3n) is 20.8. The van der Waals surface area contributed by atoms with Crippen molar-refractivity contribution >= 4 is 32.7 Å². The number of methoxy groups -OCH3 is 1. The number of carbonyl (C=O) groups is 2. The number of cyclic esters (lactones) is 1. The maximum Gasteiger partial charge on any atom is 1.00 e. The van der Waals surface area contributed by atoms with Crippen LogP contribution in [-0.4, -0.2) is 228 Å². The normalized spacial score (nSPS) is 47.4. The van der Waals surface area contributed by atoms with Crippen LogP contribution in [0.2, 0.25) is 0 Å². The van der Waals surface area contributed by atoms with Crippen molar-refractivity contribution in [1.82, 2.24) is 0 Å². The van der Waals surface area contributed by atoms with Gasteiger partial charge in [-0.1, -0.05) is 44.9 Å². The maximum atomic E-state index is 14.7. The quantitative estimate of drug-likeness (QED) is 0.0208. The summed E-state index contributed by atoms with van der Waals surface area (Å²) in [6.45, 7) is 18.8. The van der Waals surface area contributed by atoms with Gasteiger partial charge in [-0.25, -0.2) is 16.8 Å². The standard InChI is InChI=1S/C56H88O28S2.2Na/c1-24(2)13-12-18-55(10)46-30(77-27(5)57)21-54(9)29-14-15-33-52(6,7)34(17-19-53(33,8)28(29)16-20-56(46,54)51(65)83-55)79-50-45(37(60)32(22-73-50)84-86(69,70)71)82-47-39(62)38(61)42(26(4)76-47)80-49-41(64)44(36(59)31(78-49)23-74-85(66,67)68)81-48-40(63)43(72-11)35(58)25(3)75-48;;/h14,25-26,28,30-50,58-64H,1,12-13,15-23H2,2-11H3,(H,66,67,68)(H,69,70,71);;/q;2*+1/p-2/t25-,26-,28-,30+,31-,32-,33+,34+,35-,36-,37+,38-,39-,40-,41-,42-,43+,44+,45-,46-,47+,48+,49+,50+,53-,54+,55+,56-;;/m1../s1. The minimum atomic E-state index is -5.47. The molecule has 0 unspecified atom stereocenters. The third kappa shape index (κ3) is 14.1. The van der Waals surface area contributed by atoms with Gasteiger partial charge >= 0.3 is 71.1 Å². The van der Waals surface area contributed by atoms with Crippen LogP contribution in [0.15, 0.2) is 23.8 Å². The Kier molecular flexibility index (Phi) is 23.8. The van der Waals surface area contributed by atoms with Gasteiger partial charge in [-0.15, -0.1) is 6.58 Å². The van der Waals surface area contributed by atoms with Crippen molar-refractivity contribution in [2.24, 2.45) is 39.4 Å². The molecule has 492 valence electrons. The second-order valence-corrected chi connectivity index (χ2v) is 28.6. The summed E-state index contributed by atoms with van der Waals surface area (Å²) in [4.78, 5) is 27.5. The van der Waals surface area contributed by atoms with Gasteiger partial charge in [0.25, 0.3) is 0 Å². The van der Waals surface area contributed by atoms with Gasteiger partial charge < -0.3 is 97.0 Å². The third-order valence-corrected chi connectivity index (χ3v) is 21.7. The number of rotatable bonds is 19. The number of hydrogen-bond donors (Lipinski definition) is 7. The average molecular weight is 1320 g/mol. The topological polar surface area (TPSA) is 410 Å². The molecule has 0 aromatic heterocycles. The van der Waals surface area contributed by atoms with Crippen LogP contribution in [0.25, 0.3) is 0 Å². The molecule has 5 aliphatic heterocycles. The molecule has 0 aromatic rings. The van der Waals surface area contributed by atoms with Gasteiger partial charge in [-0.05, 0) is 108 Å². The molecule has 32 heteroatoms. The van der Waals surface area contributed by atoms with E-state index in [0.29, 0.717) is 44.9 Å². The van der Waals surface area contributed by atoms with Crippen molar-refractivity contribution in [3.63, 3.8) is 0 Å². The molecular formula is C56H86Na2O28S2. The van der Waals surface area contributed by atoms with Gasteiger partial charge in [0.05, 0.1) is 42.9 Å². The Balaban J connectivity index is 0.00000552. The first-order valence-corrected chi connectivity index (χ1v) is 32.1. The van der Waals surface area contributed by atoms with E-state index in [0.717, 1.165) is 24.0 Å². The second-order valence-electron chi connectivity index (χ2n) is 26.5. The fourth-order valence-corrected chi connectivity index (χ4v) is 17.5. The molecule has 5 saturated heterocycles. The summed E-state index contributed by atoms with van der Waals surface area (Å²) >= 11 is 0. The molecule has 9 aliphatic rings. The number of aliphatic hydroxyl groups excluding tert-OH is 7. The number of aliphatic hydroxyl groups is 7. The van der Waals surface area contributed by atoms with Crippen LogP contribution in [0.1, 0.15) is 120 Å². The second kappa shape index (κ2) is 27.9. The van der Waals surface area contributed by atoms with Crippen LogP contribution in [0.5, 0.6) is 0 Å². The van der Waals surface area contributed by atoms with E-state index in [9.17, 15) is 71.3 Å². The van der Waals surface area contributed by atoms with Gasteiger partial charge in [-0.3, -0.25) is 18.0 Å². The number of ether oxygens (including phenoxy) is 11. The fraction of sp³-hybridized carbons (Fsp3) is 0.893. The number of allylic oxidation sites excluding steroid dienone is 3. The zero-order chi connectivity index (χ0) is 63.3. The number of fused-ring (bicyclic) bond motifs is 4. The van der Waals surface area contributed by atoms with Crippen molar-refractivity contribution in [2.45, 2.75) is 255 Å². The number of hydrogen-bond acceptors (Lipinski definition) is 28. The van der Waals surface area contributed by atoms with Crippen molar-refractivity contribution in [1.29, 1.82) is 0 Å². The minimum absolute atomic E-state index is 0. The molecule has 88 heavy (non-hydrogen) atoms. The molecule has 8 fully saturated rings. The van der Waals surface area contributed by atoms with E-state index in [1.54, 1.807) is 0 Å². The summed E-state index contributed by atoms with van der Waals surface area (Å²) < 4.78 is 145. The van der Waals surface area contributed by atoms with E-state index < -0.39 is 191 Å². The first-order valence-electron chi connectivity index (χ1n) is 29.4. The van der Waals surface area contributed by atoms with Crippen molar-refractivity contribution < 1.29 is 191 Å². The van der Waals surface area contributed by atoms with Gasteiger partial charge in [-0.2, -0.15) is 0 Å². The largest absolute Gasteiger partial charge is 1.00 e. The van der Waals surface area contributed by atoms with Crippen LogP contribution < -0.4 is 59.1 Å². The maximum absolute atomic E-state index is 14.7. The van der Waals surface area contributed by atoms with Gasteiger partial charge in [0, 0.05) is 19.4 Å². The molecule has 4 aliphatic carbocycles. The molecule has 28 atom stereocenters. The molecule has 0 amide bonds. The molecule has 0 aromatic carbocycles. The van der Waals surface area contributed by atoms with E-state index in [2.05, 4.69) is 34.9 Å². The van der Waals surface area contributed by atoms with E-state index in [-0.39, 0.29) is 88.3 Å². The van der Waals surface area contributed by atoms with Crippen molar-refractivity contribution in [3.05, 3.63) is 23.8 Å². The zero-order valence-corrected chi connectivity index (χ0v) is 57.6. The first-order chi connectivity index (χ1) is 39.9. The monoisotopic (exact) mass is 1320 g/mol. The Hall–Kier alpha value is -0.480. The van der Waals surface area contributed by atoms with Crippen molar-refractivity contribution in [2.75, 3.05) is 20.3 Å². The summed E-state index contributed by atoms with van der Waals surface area (Å²) in [5.74, 6) is -1.14. The fourth-order valence-electron chi connectivity index (χ4n) is 16.7. The zero-order valence-electron chi connectivity index (χ0n) is 51.9. The summed E-state index contributed by atoms with van der Waals surface area (Å²) in [6, 6.07) is 0. The SMILES string of the molecule is C=C(C)CCC[C@]1(C)OC(=O)[C@]23CC[C@@H]4C(=CC[C@H]5C(C)(C)[C@@H](O[C@@H]6OC[C@@H](OS(=O)(=O)[O-])[C@H](O)[C@H]6O[C@@H]6O[C@H](C)[C@@H](O[C@@H]7O[C@H](COS(=O)(=O)[O-])[C@@H](O)[C@H](O[C@@H]8O[C@H](C)[C@@H](O)[C@H](OC)[C@H]8O)[C@H]7O)[C@H](O)[C@H]6O)CC[C@]45C)[C@]2(C)C[C@H](OC(C)=O)[C@@H]31.[Na+].[Na+]. The van der Waals surface area contributed by atoms with Crippen LogP contribution in [0, 0.1) is 39.4 Å². The van der Waals surface area contributed by atoms with E-state index in [1.165, 1.54) is 27.9 Å². The van der Waals surface area contributed by atoms with Crippen molar-refractivity contribution in [3.8, 4) is 0 Å². The first kappa shape index (κ1) is 74.9. The Morgan fingerprint density at radius 2 is 1.34 bits per heavy atom. The molecule has 0 radical (unpaired) electrons. The Morgan fingerprint density at radius 3 is 1.97 bits per heavy atom. The Labute approximate surface area is 557 Å². The average Bonchev–Trinajstić information content (AvgIpc) is 1.52. The molecule has 3 saturated carbocycles. The van der Waals surface area contributed by atoms with Crippen LogP contribution in [-0.2, 0) is 90.9 Å². The molecular weight excluding hydrogens is 1230 g/mol. The predicted molar refractivity (Wildman–Crippen MR) is 287 cm³/mol. The summed E-state index contributed by atoms with van der Waals surface area (Å²) in [6.07, 6.45) is -27.2. The van der Waals surface area contributed by atoms with E-state index >= 15 is 0 Å². The van der Waals surface area contributed by atoms with Crippen LogP contribution >= 0.6 is 0 Å². The molecule has 5 heterocycles. The van der Waals surface area contributed by atoms with E-state index in [1.807, 2.05) is 27.7 Å². The smallest absolute Gasteiger partial charge is 0.726 e. The summed E-state index contributed by atoms with van der Waals surface area (Å²) in [7, 11) is -9.69. The number of esters is 2. The van der Waals surface area contributed by atoms with Gasteiger partial charge in [0.1, 0.15) is 91.1 Å². The summed E-state index contributed by atoms with van der Waals surface area (Å²) in [5, 5.41) is 79.7. The molecule has 7 N–H and O–H groups in total. The summed E-state index contributed by atoms with van der Waals surface area (Å²) in [5.41, 5.74) is -1.41. The molecule has 1 spiro atoms.